The van der Waals surface area contributed by atoms with E-state index in [9.17, 15) is 9.59 Å². The molecule has 2 aliphatic heterocycles. The van der Waals surface area contributed by atoms with Gasteiger partial charge in [-0.1, -0.05) is 57.6 Å². The molecule has 2 aliphatic rings. The van der Waals surface area contributed by atoms with Gasteiger partial charge in [-0.25, -0.2) is 4.79 Å². The number of nitrogens with zero attached hydrogens (tertiary/aromatic N) is 5. The molecule has 2 aromatic rings. The normalized spacial score (nSPS) is 17.8. The van der Waals surface area contributed by atoms with E-state index in [4.69, 9.17) is 51.2 Å². The molecular formula is C32H41Cl4N5O3. The Morgan fingerprint density at radius 2 is 1.68 bits per heavy atom. The highest BCUT2D eigenvalue weighted by molar-refractivity contribution is 6.42. The van der Waals surface area contributed by atoms with E-state index < -0.39 is 0 Å². The third-order valence-corrected chi connectivity index (χ3v) is 9.63. The second-order valence-corrected chi connectivity index (χ2v) is 13.5. The van der Waals surface area contributed by atoms with Crippen LogP contribution in [0.4, 0.5) is 4.79 Å². The standard InChI is InChI=1S/C32H41Cl4N5O3/c1-21(2)40-11-5-12-41(32(40)43)26-8-13-39(14-9-26)15-10-27(22-6-7-28(35)29(36)18-22)30(37-44-4)20-38(3)31(42)23-16-24(33)19-25(34)17-23/h6-7,16-19,21,26-27H,5,8-15,20H2,1-4H3/b37-30-/t27-/m1/s1. The summed E-state index contributed by atoms with van der Waals surface area (Å²) in [5.41, 5.74) is 2.00. The predicted molar refractivity (Wildman–Crippen MR) is 180 cm³/mol. The average Bonchev–Trinajstić information content (AvgIpc) is 2.98. The van der Waals surface area contributed by atoms with Crippen molar-refractivity contribution in [2.45, 2.75) is 57.5 Å². The highest BCUT2D eigenvalue weighted by Crippen LogP contribution is 2.31. The van der Waals surface area contributed by atoms with E-state index in [1.807, 2.05) is 17.0 Å². The molecule has 1 atom stereocenters. The largest absolute Gasteiger partial charge is 0.399 e. The maximum absolute atomic E-state index is 13.3. The summed E-state index contributed by atoms with van der Waals surface area (Å²) in [4.78, 5) is 39.8. The molecule has 2 fully saturated rings. The SMILES string of the molecule is CO/N=C(/CN(C)C(=O)c1cc(Cl)cc(Cl)c1)[C@H](CCN1CCC(N2CCCN(C(C)C)C2=O)CC1)c1ccc(Cl)c(Cl)c1. The van der Waals surface area contributed by atoms with E-state index in [0.717, 1.165) is 64.0 Å². The van der Waals surface area contributed by atoms with Crippen molar-refractivity contribution in [2.24, 2.45) is 5.16 Å². The molecule has 0 bridgehead atoms. The van der Waals surface area contributed by atoms with E-state index in [-0.39, 0.29) is 36.5 Å². The fraction of sp³-hybridized carbons (Fsp3) is 0.531. The van der Waals surface area contributed by atoms with E-state index >= 15 is 0 Å². The van der Waals surface area contributed by atoms with Crippen LogP contribution in [0.15, 0.2) is 41.6 Å². The molecule has 0 aromatic heterocycles. The van der Waals surface area contributed by atoms with Gasteiger partial charge in [0.1, 0.15) is 7.11 Å². The maximum atomic E-state index is 13.3. The smallest absolute Gasteiger partial charge is 0.320 e. The van der Waals surface area contributed by atoms with Gasteiger partial charge in [-0.3, -0.25) is 4.79 Å². The van der Waals surface area contributed by atoms with Crippen LogP contribution in [0.5, 0.6) is 0 Å². The average molecular weight is 686 g/mol. The van der Waals surface area contributed by atoms with Gasteiger partial charge in [0.2, 0.25) is 0 Å². The number of hydrogen-bond acceptors (Lipinski definition) is 5. The molecular weight excluding hydrogens is 644 g/mol. The van der Waals surface area contributed by atoms with Crippen molar-refractivity contribution in [3.63, 3.8) is 0 Å². The Balaban J connectivity index is 1.46. The first kappa shape index (κ1) is 34.6. The van der Waals surface area contributed by atoms with Crippen LogP contribution in [0.1, 0.15) is 61.4 Å². The monoisotopic (exact) mass is 683 g/mol. The molecule has 2 heterocycles. The highest BCUT2D eigenvalue weighted by atomic mass is 35.5. The Bertz CT molecular complexity index is 1330. The lowest BCUT2D eigenvalue weighted by Crippen LogP contribution is -2.57. The molecule has 2 aromatic carbocycles. The van der Waals surface area contributed by atoms with Crippen LogP contribution >= 0.6 is 46.4 Å². The first-order valence-corrected chi connectivity index (χ1v) is 16.6. The highest BCUT2D eigenvalue weighted by Gasteiger charge is 2.34. The Hall–Kier alpha value is -2.23. The van der Waals surface area contributed by atoms with Crippen molar-refractivity contribution in [1.82, 2.24) is 19.6 Å². The lowest BCUT2D eigenvalue weighted by Gasteiger charge is -2.44. The molecule has 4 rings (SSSR count). The predicted octanol–water partition coefficient (Wildman–Crippen LogP) is 7.55. The molecule has 3 amide bonds. The summed E-state index contributed by atoms with van der Waals surface area (Å²) in [6.45, 7) is 8.63. The molecule has 8 nitrogen and oxygen atoms in total. The number of rotatable bonds is 11. The number of benzene rings is 2. The Kier molecular flexibility index (Phi) is 12.5. The Morgan fingerprint density at radius 1 is 1.00 bits per heavy atom. The van der Waals surface area contributed by atoms with Crippen LogP contribution in [0.2, 0.25) is 20.1 Å². The fourth-order valence-corrected chi connectivity index (χ4v) is 6.97. The van der Waals surface area contributed by atoms with Crippen molar-refractivity contribution in [1.29, 1.82) is 0 Å². The topological polar surface area (TPSA) is 68.7 Å². The summed E-state index contributed by atoms with van der Waals surface area (Å²) in [7, 11) is 3.21. The molecule has 0 radical (unpaired) electrons. The molecule has 0 saturated carbocycles. The molecule has 240 valence electrons. The number of urea groups is 1. The summed E-state index contributed by atoms with van der Waals surface area (Å²) < 4.78 is 0. The van der Waals surface area contributed by atoms with Crippen molar-refractivity contribution < 1.29 is 14.4 Å². The number of piperidine rings is 1. The summed E-state index contributed by atoms with van der Waals surface area (Å²) >= 11 is 25.0. The lowest BCUT2D eigenvalue weighted by molar-refractivity contribution is 0.0698. The zero-order valence-corrected chi connectivity index (χ0v) is 28.8. The lowest BCUT2D eigenvalue weighted by atomic mass is 9.89. The van der Waals surface area contributed by atoms with Crippen molar-refractivity contribution in [3.05, 3.63) is 67.6 Å². The second-order valence-electron chi connectivity index (χ2n) is 11.8. The van der Waals surface area contributed by atoms with Crippen LogP contribution in [-0.4, -0.2) is 103 Å². The van der Waals surface area contributed by atoms with E-state index in [1.165, 1.54) is 7.11 Å². The van der Waals surface area contributed by atoms with Crippen LogP contribution in [-0.2, 0) is 4.84 Å². The number of halogens is 4. The summed E-state index contributed by atoms with van der Waals surface area (Å²) in [5, 5.41) is 6.09. The minimum atomic E-state index is -0.239. The van der Waals surface area contributed by atoms with E-state index in [1.54, 1.807) is 36.2 Å². The zero-order valence-electron chi connectivity index (χ0n) is 25.7. The number of oxime groups is 1. The van der Waals surface area contributed by atoms with Gasteiger partial charge in [0, 0.05) is 66.8 Å². The molecule has 0 spiro atoms. The van der Waals surface area contributed by atoms with E-state index in [0.29, 0.717) is 31.4 Å². The minimum absolute atomic E-state index is 0.170. The molecule has 0 unspecified atom stereocenters. The van der Waals surface area contributed by atoms with Crippen LogP contribution < -0.4 is 0 Å². The van der Waals surface area contributed by atoms with Crippen molar-refractivity contribution in [3.8, 4) is 0 Å². The van der Waals surface area contributed by atoms with Gasteiger partial charge in [-0.15, -0.1) is 0 Å². The molecule has 12 heteroatoms. The quantitative estimate of drug-likeness (QED) is 0.181. The number of hydrogen-bond donors (Lipinski definition) is 0. The van der Waals surface area contributed by atoms with Crippen LogP contribution in [0.3, 0.4) is 0 Å². The van der Waals surface area contributed by atoms with Gasteiger partial charge >= 0.3 is 6.03 Å². The van der Waals surface area contributed by atoms with Crippen molar-refractivity contribution in [2.75, 3.05) is 53.4 Å². The third-order valence-electron chi connectivity index (χ3n) is 8.46. The molecule has 2 saturated heterocycles. The van der Waals surface area contributed by atoms with Gasteiger partial charge in [0.15, 0.2) is 0 Å². The zero-order chi connectivity index (χ0) is 32.0. The number of carbonyl (C=O) groups is 2. The van der Waals surface area contributed by atoms with Gasteiger partial charge < -0.3 is 24.4 Å². The number of carbonyl (C=O) groups excluding carboxylic acids is 2. The molecule has 0 aliphatic carbocycles. The van der Waals surface area contributed by atoms with Crippen LogP contribution in [0.25, 0.3) is 0 Å². The van der Waals surface area contributed by atoms with E-state index in [2.05, 4.69) is 28.8 Å². The number of amides is 3. The maximum Gasteiger partial charge on any atom is 0.320 e. The summed E-state index contributed by atoms with van der Waals surface area (Å²) in [6, 6.07) is 11.0. The first-order valence-electron chi connectivity index (χ1n) is 15.0. The summed E-state index contributed by atoms with van der Waals surface area (Å²) in [6.07, 6.45) is 3.61. The Morgan fingerprint density at radius 3 is 2.30 bits per heavy atom. The van der Waals surface area contributed by atoms with Gasteiger partial charge in [-0.05, 0) is 82.0 Å². The van der Waals surface area contributed by atoms with Crippen LogP contribution in [0, 0.1) is 0 Å². The van der Waals surface area contributed by atoms with Gasteiger partial charge in [0.25, 0.3) is 5.91 Å². The minimum Gasteiger partial charge on any atom is -0.399 e. The van der Waals surface area contributed by atoms with Crippen molar-refractivity contribution >= 4 is 64.1 Å². The summed E-state index contributed by atoms with van der Waals surface area (Å²) in [5.74, 6) is -0.430. The molecule has 0 N–H and O–H groups in total. The fourth-order valence-electron chi connectivity index (χ4n) is 6.14. The van der Waals surface area contributed by atoms with Gasteiger partial charge in [-0.2, -0.15) is 0 Å². The molecule has 44 heavy (non-hydrogen) atoms. The number of likely N-dealkylation sites (tertiary alicyclic amines) is 1. The second kappa shape index (κ2) is 15.9. The third kappa shape index (κ3) is 8.73. The first-order chi connectivity index (χ1) is 21.0. The Labute approximate surface area is 280 Å². The van der Waals surface area contributed by atoms with Gasteiger partial charge in [0.05, 0.1) is 22.3 Å².